The molecule has 1 aliphatic heterocycles. The van der Waals surface area contributed by atoms with Crippen LogP contribution >= 0.6 is 11.8 Å². The molecule has 1 fully saturated rings. The van der Waals surface area contributed by atoms with Crippen LogP contribution < -0.4 is 10.6 Å². The second-order valence-corrected chi connectivity index (χ2v) is 8.74. The molecule has 0 aliphatic carbocycles. The van der Waals surface area contributed by atoms with Crippen molar-refractivity contribution in [3.63, 3.8) is 0 Å². The predicted octanol–water partition coefficient (Wildman–Crippen LogP) is 2.86. The first-order valence-corrected chi connectivity index (χ1v) is 10.6. The van der Waals surface area contributed by atoms with E-state index in [2.05, 4.69) is 24.0 Å². The highest BCUT2D eigenvalue weighted by Crippen LogP contribution is 2.28. The second-order valence-electron chi connectivity index (χ2n) is 7.43. The summed E-state index contributed by atoms with van der Waals surface area (Å²) in [6.07, 6.45) is 3.87. The van der Waals surface area contributed by atoms with Gasteiger partial charge in [-0.1, -0.05) is 23.9 Å². The standard InChI is InChI=1S/C20H29N5O2S/c1-13-6-5-7-14(2)24(13)19(26)15(3)28-20-23-22-18(25(20)21)12-16-8-10-17(27-4)11-9-16/h8-11,13-15H,5-7,12,21H2,1-4H3/t13-,14-,15-/m1/s1. The smallest absolute Gasteiger partial charge is 0.236 e. The number of likely N-dealkylation sites (tertiary alicyclic amines) is 1. The number of carbonyl (C=O) groups excluding carboxylic acids is 1. The van der Waals surface area contributed by atoms with Crippen molar-refractivity contribution in [1.29, 1.82) is 0 Å². The molecule has 1 saturated heterocycles. The van der Waals surface area contributed by atoms with Gasteiger partial charge >= 0.3 is 0 Å². The molecule has 2 N–H and O–H groups in total. The Balaban J connectivity index is 1.66. The van der Waals surface area contributed by atoms with Crippen LogP contribution in [0.25, 0.3) is 0 Å². The van der Waals surface area contributed by atoms with Gasteiger partial charge in [0.05, 0.1) is 12.4 Å². The summed E-state index contributed by atoms with van der Waals surface area (Å²) >= 11 is 1.37. The number of ether oxygens (including phenoxy) is 1. The third-order valence-electron chi connectivity index (χ3n) is 5.33. The van der Waals surface area contributed by atoms with E-state index in [-0.39, 0.29) is 23.2 Å². The van der Waals surface area contributed by atoms with E-state index < -0.39 is 0 Å². The molecule has 1 aromatic heterocycles. The molecule has 7 nitrogen and oxygen atoms in total. The quantitative estimate of drug-likeness (QED) is 0.590. The van der Waals surface area contributed by atoms with Crippen LogP contribution in [0.4, 0.5) is 0 Å². The zero-order valence-corrected chi connectivity index (χ0v) is 17.8. The van der Waals surface area contributed by atoms with Crippen LogP contribution in [0.3, 0.4) is 0 Å². The normalized spacial score (nSPS) is 20.8. The Morgan fingerprint density at radius 2 is 1.89 bits per heavy atom. The van der Waals surface area contributed by atoms with Gasteiger partial charge in [0, 0.05) is 18.5 Å². The van der Waals surface area contributed by atoms with Crippen molar-refractivity contribution >= 4 is 17.7 Å². The number of hydrogen-bond acceptors (Lipinski definition) is 6. The number of aromatic nitrogens is 3. The Morgan fingerprint density at radius 3 is 2.50 bits per heavy atom. The van der Waals surface area contributed by atoms with Crippen molar-refractivity contribution in [1.82, 2.24) is 19.8 Å². The highest BCUT2D eigenvalue weighted by molar-refractivity contribution is 8.00. The van der Waals surface area contributed by atoms with Gasteiger partial charge in [-0.05, 0) is 57.7 Å². The summed E-state index contributed by atoms with van der Waals surface area (Å²) < 4.78 is 6.67. The topological polar surface area (TPSA) is 86.3 Å². The average Bonchev–Trinajstić information content (AvgIpc) is 3.01. The third kappa shape index (κ3) is 4.43. The van der Waals surface area contributed by atoms with E-state index in [1.807, 2.05) is 36.1 Å². The van der Waals surface area contributed by atoms with Crippen molar-refractivity contribution in [3.8, 4) is 5.75 Å². The fraction of sp³-hybridized carbons (Fsp3) is 0.550. The molecule has 0 saturated carbocycles. The summed E-state index contributed by atoms with van der Waals surface area (Å²) in [5.74, 6) is 7.82. The van der Waals surface area contributed by atoms with Gasteiger partial charge in [-0.3, -0.25) is 4.79 Å². The summed E-state index contributed by atoms with van der Waals surface area (Å²) in [5.41, 5.74) is 1.07. The largest absolute Gasteiger partial charge is 0.497 e. The van der Waals surface area contributed by atoms with E-state index in [1.165, 1.54) is 22.9 Å². The Bertz CT molecular complexity index is 797. The molecule has 3 rings (SSSR count). The molecule has 3 atom stereocenters. The highest BCUT2D eigenvalue weighted by atomic mass is 32.2. The summed E-state index contributed by atoms with van der Waals surface area (Å²) in [6, 6.07) is 8.33. The van der Waals surface area contributed by atoms with Crippen molar-refractivity contribution < 1.29 is 9.53 Å². The number of hydrogen-bond donors (Lipinski definition) is 1. The third-order valence-corrected chi connectivity index (χ3v) is 6.38. The lowest BCUT2D eigenvalue weighted by atomic mass is 9.97. The van der Waals surface area contributed by atoms with E-state index in [9.17, 15) is 4.79 Å². The summed E-state index contributed by atoms with van der Waals surface area (Å²) in [5, 5.41) is 8.72. The van der Waals surface area contributed by atoms with Crippen molar-refractivity contribution in [2.45, 2.75) is 68.9 Å². The van der Waals surface area contributed by atoms with E-state index in [0.717, 1.165) is 24.2 Å². The van der Waals surface area contributed by atoms with Gasteiger partial charge in [-0.25, -0.2) is 4.68 Å². The number of piperidine rings is 1. The molecule has 2 aromatic rings. The maximum Gasteiger partial charge on any atom is 0.236 e. The van der Waals surface area contributed by atoms with Crippen molar-refractivity contribution in [2.75, 3.05) is 13.0 Å². The molecule has 1 aromatic carbocycles. The summed E-state index contributed by atoms with van der Waals surface area (Å²) in [7, 11) is 1.64. The summed E-state index contributed by atoms with van der Waals surface area (Å²) in [4.78, 5) is 15.0. The van der Waals surface area contributed by atoms with Crippen LogP contribution in [0, 0.1) is 0 Å². The van der Waals surface area contributed by atoms with Crippen LogP contribution in [-0.4, -0.2) is 50.1 Å². The van der Waals surface area contributed by atoms with Crippen LogP contribution in [0.1, 0.15) is 51.4 Å². The maximum atomic E-state index is 13.0. The zero-order chi connectivity index (χ0) is 20.3. The molecule has 0 unspecified atom stereocenters. The predicted molar refractivity (Wildman–Crippen MR) is 111 cm³/mol. The molecule has 8 heteroatoms. The van der Waals surface area contributed by atoms with Gasteiger partial charge in [0.1, 0.15) is 5.75 Å². The minimum atomic E-state index is -0.261. The number of nitrogens with two attached hydrogens (primary N) is 1. The Hall–Kier alpha value is -2.22. The second kappa shape index (κ2) is 8.86. The number of carbonyl (C=O) groups is 1. The first-order chi connectivity index (χ1) is 13.4. The molecule has 2 heterocycles. The lowest BCUT2D eigenvalue weighted by Crippen LogP contribution is -2.50. The molecule has 0 bridgehead atoms. The van der Waals surface area contributed by atoms with E-state index in [4.69, 9.17) is 10.6 Å². The number of benzene rings is 1. The molecule has 28 heavy (non-hydrogen) atoms. The van der Waals surface area contributed by atoms with Crippen molar-refractivity contribution in [3.05, 3.63) is 35.7 Å². The molecular weight excluding hydrogens is 374 g/mol. The molecule has 1 amide bonds. The zero-order valence-electron chi connectivity index (χ0n) is 17.0. The Kier molecular flexibility index (Phi) is 6.49. The van der Waals surface area contributed by atoms with Gasteiger partial charge in [0.25, 0.3) is 0 Å². The maximum absolute atomic E-state index is 13.0. The number of methoxy groups -OCH3 is 1. The van der Waals surface area contributed by atoms with E-state index >= 15 is 0 Å². The highest BCUT2D eigenvalue weighted by Gasteiger charge is 2.32. The summed E-state index contributed by atoms with van der Waals surface area (Å²) in [6.45, 7) is 6.17. The van der Waals surface area contributed by atoms with Gasteiger partial charge in [-0.15, -0.1) is 10.2 Å². The number of rotatable bonds is 6. The molecule has 0 spiro atoms. The van der Waals surface area contributed by atoms with Crippen LogP contribution in [0.2, 0.25) is 0 Å². The number of nitrogens with zero attached hydrogens (tertiary/aromatic N) is 4. The SMILES string of the molecule is COc1ccc(Cc2nnc(S[C@H](C)C(=O)N3[C@H](C)CCC[C@H]3C)n2N)cc1. The van der Waals surface area contributed by atoms with Gasteiger partial charge in [0.15, 0.2) is 5.82 Å². The van der Waals surface area contributed by atoms with Crippen molar-refractivity contribution in [2.24, 2.45) is 0 Å². The molecule has 1 aliphatic rings. The van der Waals surface area contributed by atoms with Gasteiger partial charge < -0.3 is 15.5 Å². The first kappa shape index (κ1) is 20.5. The van der Waals surface area contributed by atoms with Crippen LogP contribution in [0.5, 0.6) is 5.75 Å². The number of amides is 1. The minimum absolute atomic E-state index is 0.143. The van der Waals surface area contributed by atoms with Gasteiger partial charge in [-0.2, -0.15) is 0 Å². The van der Waals surface area contributed by atoms with Crippen LogP contribution in [0.15, 0.2) is 29.4 Å². The van der Waals surface area contributed by atoms with E-state index in [0.29, 0.717) is 17.4 Å². The first-order valence-electron chi connectivity index (χ1n) is 9.71. The average molecular weight is 404 g/mol. The van der Waals surface area contributed by atoms with E-state index in [1.54, 1.807) is 7.11 Å². The molecule has 0 radical (unpaired) electrons. The Labute approximate surface area is 170 Å². The monoisotopic (exact) mass is 403 g/mol. The number of nitrogen functional groups attached to an aromatic ring is 1. The Morgan fingerprint density at radius 1 is 1.25 bits per heavy atom. The minimum Gasteiger partial charge on any atom is -0.497 e. The number of thioether (sulfide) groups is 1. The fourth-order valence-electron chi connectivity index (χ4n) is 3.71. The molecular formula is C20H29N5O2S. The van der Waals surface area contributed by atoms with Gasteiger partial charge in [0.2, 0.25) is 11.1 Å². The lowest BCUT2D eigenvalue weighted by molar-refractivity contribution is -0.136. The van der Waals surface area contributed by atoms with Crippen LogP contribution in [-0.2, 0) is 11.2 Å². The fourth-order valence-corrected chi connectivity index (χ4v) is 4.55. The lowest BCUT2D eigenvalue weighted by Gasteiger charge is -2.40. The molecule has 152 valence electrons.